The number of hydrogen-bond donors (Lipinski definition) is 0. The third-order valence-corrected chi connectivity index (χ3v) is 4.39. The SMILES string of the molecule is CS(=O)c1ccc(C2=C(c3ccccc3)C(=O)OC2)cc1.O. The summed E-state index contributed by atoms with van der Waals surface area (Å²) in [5.74, 6) is -0.292. The summed E-state index contributed by atoms with van der Waals surface area (Å²) >= 11 is 0. The highest BCUT2D eigenvalue weighted by atomic mass is 32.2. The van der Waals surface area contributed by atoms with Crippen LogP contribution in [0.4, 0.5) is 0 Å². The van der Waals surface area contributed by atoms with Gasteiger partial charge in [0.05, 0.1) is 5.57 Å². The molecule has 0 saturated carbocycles. The number of carbonyl (C=O) groups is 1. The minimum absolute atomic E-state index is 0. The Balaban J connectivity index is 0.00000176. The van der Waals surface area contributed by atoms with Gasteiger partial charge in [0.1, 0.15) is 6.61 Å². The molecule has 0 aromatic heterocycles. The molecular formula is C17H16O4S. The molecule has 0 amide bonds. The van der Waals surface area contributed by atoms with Gasteiger partial charge in [-0.2, -0.15) is 0 Å². The number of esters is 1. The lowest BCUT2D eigenvalue weighted by atomic mass is 9.97. The molecule has 2 aromatic carbocycles. The number of cyclic esters (lactones) is 1. The van der Waals surface area contributed by atoms with Gasteiger partial charge in [-0.25, -0.2) is 4.79 Å². The smallest absolute Gasteiger partial charge is 0.339 e. The summed E-state index contributed by atoms with van der Waals surface area (Å²) in [6.45, 7) is 0.275. The molecule has 1 heterocycles. The van der Waals surface area contributed by atoms with E-state index in [2.05, 4.69) is 0 Å². The fourth-order valence-electron chi connectivity index (χ4n) is 2.38. The Bertz CT molecular complexity index is 733. The van der Waals surface area contributed by atoms with Gasteiger partial charge in [0.2, 0.25) is 0 Å². The maximum atomic E-state index is 12.0. The normalized spacial score (nSPS) is 15.2. The Kier molecular flexibility index (Phi) is 4.90. The van der Waals surface area contributed by atoms with E-state index in [9.17, 15) is 9.00 Å². The van der Waals surface area contributed by atoms with Crippen LogP contribution in [0, 0.1) is 0 Å². The van der Waals surface area contributed by atoms with Crippen molar-refractivity contribution in [1.29, 1.82) is 0 Å². The summed E-state index contributed by atoms with van der Waals surface area (Å²) in [6, 6.07) is 16.9. The molecule has 4 nitrogen and oxygen atoms in total. The Morgan fingerprint density at radius 2 is 1.59 bits per heavy atom. The number of rotatable bonds is 3. The zero-order valence-corrected chi connectivity index (χ0v) is 12.9. The van der Waals surface area contributed by atoms with Crippen molar-refractivity contribution < 1.29 is 19.2 Å². The molecule has 0 aliphatic carbocycles. The lowest BCUT2D eigenvalue weighted by Crippen LogP contribution is -1.98. The van der Waals surface area contributed by atoms with Crippen LogP contribution in [0.1, 0.15) is 11.1 Å². The van der Waals surface area contributed by atoms with Crippen LogP contribution in [0.15, 0.2) is 59.5 Å². The van der Waals surface area contributed by atoms with Crippen molar-refractivity contribution in [2.45, 2.75) is 4.90 Å². The first-order valence-corrected chi connectivity index (χ1v) is 8.12. The van der Waals surface area contributed by atoms with E-state index in [0.717, 1.165) is 21.6 Å². The van der Waals surface area contributed by atoms with Gasteiger partial charge in [-0.1, -0.05) is 42.5 Å². The molecule has 2 N–H and O–H groups in total. The van der Waals surface area contributed by atoms with Crippen molar-refractivity contribution in [2.24, 2.45) is 0 Å². The first-order valence-electron chi connectivity index (χ1n) is 6.56. The Morgan fingerprint density at radius 1 is 0.955 bits per heavy atom. The zero-order valence-electron chi connectivity index (χ0n) is 12.0. The van der Waals surface area contributed by atoms with Crippen LogP contribution in [-0.2, 0) is 20.3 Å². The quantitative estimate of drug-likeness (QED) is 0.814. The fourth-order valence-corrected chi connectivity index (χ4v) is 2.90. The largest absolute Gasteiger partial charge is 0.457 e. The minimum atomic E-state index is -1.00. The minimum Gasteiger partial charge on any atom is -0.457 e. The van der Waals surface area contributed by atoms with Gasteiger partial charge in [-0.3, -0.25) is 4.21 Å². The van der Waals surface area contributed by atoms with Crippen molar-refractivity contribution in [3.05, 3.63) is 65.7 Å². The maximum Gasteiger partial charge on any atom is 0.339 e. The summed E-state index contributed by atoms with van der Waals surface area (Å²) in [5.41, 5.74) is 3.27. The predicted octanol–water partition coefficient (Wildman–Crippen LogP) is 2.07. The van der Waals surface area contributed by atoms with Crippen molar-refractivity contribution in [2.75, 3.05) is 12.9 Å². The van der Waals surface area contributed by atoms with Gasteiger partial charge in [0.25, 0.3) is 0 Å². The summed E-state index contributed by atoms with van der Waals surface area (Å²) < 4.78 is 16.6. The molecule has 5 heteroatoms. The molecule has 2 aromatic rings. The second-order valence-electron chi connectivity index (χ2n) is 4.77. The van der Waals surface area contributed by atoms with Crippen molar-refractivity contribution in [3.63, 3.8) is 0 Å². The van der Waals surface area contributed by atoms with E-state index in [4.69, 9.17) is 4.74 Å². The lowest BCUT2D eigenvalue weighted by molar-refractivity contribution is -0.133. The third-order valence-electron chi connectivity index (χ3n) is 3.45. The topological polar surface area (TPSA) is 74.9 Å². The molecule has 0 radical (unpaired) electrons. The highest BCUT2D eigenvalue weighted by Crippen LogP contribution is 2.32. The Morgan fingerprint density at radius 3 is 2.18 bits per heavy atom. The van der Waals surface area contributed by atoms with Crippen LogP contribution in [0.25, 0.3) is 11.1 Å². The van der Waals surface area contributed by atoms with Crippen molar-refractivity contribution in [3.8, 4) is 0 Å². The standard InChI is InChI=1S/C17H14O3S.H2O/c1-21(19)14-9-7-12(8-10-14)15-11-20-17(18)16(15)13-5-3-2-4-6-13;/h2-10H,11H2,1H3;1H2. The lowest BCUT2D eigenvalue weighted by Gasteiger charge is -2.05. The van der Waals surface area contributed by atoms with Crippen LogP contribution < -0.4 is 0 Å². The van der Waals surface area contributed by atoms with E-state index in [-0.39, 0.29) is 18.1 Å². The average Bonchev–Trinajstić information content (AvgIpc) is 2.90. The summed E-state index contributed by atoms with van der Waals surface area (Å²) in [6.07, 6.45) is 1.64. The van der Waals surface area contributed by atoms with Crippen LogP contribution >= 0.6 is 0 Å². The molecule has 1 aliphatic rings. The van der Waals surface area contributed by atoms with Crippen LogP contribution in [0.3, 0.4) is 0 Å². The van der Waals surface area contributed by atoms with Gasteiger partial charge < -0.3 is 10.2 Å². The number of hydrogen-bond acceptors (Lipinski definition) is 3. The van der Waals surface area contributed by atoms with E-state index in [0.29, 0.717) is 5.57 Å². The van der Waals surface area contributed by atoms with E-state index in [1.807, 2.05) is 54.6 Å². The molecule has 0 fully saturated rings. The maximum absolute atomic E-state index is 12.0. The highest BCUT2D eigenvalue weighted by molar-refractivity contribution is 7.84. The summed E-state index contributed by atoms with van der Waals surface area (Å²) in [4.78, 5) is 12.8. The molecule has 1 atom stereocenters. The fraction of sp³-hybridized carbons (Fsp3) is 0.118. The second kappa shape index (κ2) is 6.68. The van der Waals surface area contributed by atoms with E-state index in [1.165, 1.54) is 0 Å². The van der Waals surface area contributed by atoms with E-state index in [1.54, 1.807) is 6.26 Å². The number of carbonyl (C=O) groups excluding carboxylic acids is 1. The zero-order chi connectivity index (χ0) is 14.8. The van der Waals surface area contributed by atoms with E-state index >= 15 is 0 Å². The van der Waals surface area contributed by atoms with Gasteiger partial charge in [0.15, 0.2) is 0 Å². The molecule has 3 rings (SSSR count). The monoisotopic (exact) mass is 316 g/mol. The predicted molar refractivity (Wildman–Crippen MR) is 86.6 cm³/mol. The first kappa shape index (κ1) is 16.1. The van der Waals surface area contributed by atoms with Crippen LogP contribution in [-0.4, -0.2) is 28.5 Å². The molecule has 1 aliphatic heterocycles. The molecule has 22 heavy (non-hydrogen) atoms. The summed E-state index contributed by atoms with van der Waals surface area (Å²) in [7, 11) is -1.00. The third kappa shape index (κ3) is 3.00. The van der Waals surface area contributed by atoms with Crippen molar-refractivity contribution >= 4 is 27.9 Å². The van der Waals surface area contributed by atoms with Crippen molar-refractivity contribution in [1.82, 2.24) is 0 Å². The van der Waals surface area contributed by atoms with Gasteiger partial charge >= 0.3 is 5.97 Å². The number of ether oxygens (including phenoxy) is 1. The molecule has 0 bridgehead atoms. The van der Waals surface area contributed by atoms with Crippen LogP contribution in [0.2, 0.25) is 0 Å². The van der Waals surface area contributed by atoms with Gasteiger partial charge in [-0.15, -0.1) is 0 Å². The highest BCUT2D eigenvalue weighted by Gasteiger charge is 2.26. The molecule has 1 unspecified atom stereocenters. The molecule has 0 spiro atoms. The van der Waals surface area contributed by atoms with Crippen LogP contribution in [0.5, 0.6) is 0 Å². The Hall–Kier alpha value is -2.24. The second-order valence-corrected chi connectivity index (χ2v) is 6.15. The van der Waals surface area contributed by atoms with Gasteiger partial charge in [0, 0.05) is 27.5 Å². The Labute approximate surface area is 131 Å². The first-order chi connectivity index (χ1) is 10.2. The molecular weight excluding hydrogens is 300 g/mol. The summed E-state index contributed by atoms with van der Waals surface area (Å²) in [5, 5.41) is 0. The van der Waals surface area contributed by atoms with Gasteiger partial charge in [-0.05, 0) is 23.3 Å². The average molecular weight is 316 g/mol. The number of benzene rings is 2. The molecule has 0 saturated heterocycles. The van der Waals surface area contributed by atoms with E-state index < -0.39 is 10.8 Å². The molecule has 114 valence electrons.